The van der Waals surface area contributed by atoms with Crippen molar-refractivity contribution in [1.82, 2.24) is 4.90 Å². The number of ether oxygens (including phenoxy) is 1. The van der Waals surface area contributed by atoms with Crippen LogP contribution in [0.15, 0.2) is 11.6 Å². The third kappa shape index (κ3) is 2.90. The molecule has 1 saturated carbocycles. The summed E-state index contributed by atoms with van der Waals surface area (Å²) in [7, 11) is 0. The van der Waals surface area contributed by atoms with Gasteiger partial charge in [-0.2, -0.15) is 0 Å². The Morgan fingerprint density at radius 1 is 1.40 bits per heavy atom. The highest BCUT2D eigenvalue weighted by Gasteiger charge is 2.56. The van der Waals surface area contributed by atoms with E-state index in [2.05, 4.69) is 0 Å². The van der Waals surface area contributed by atoms with Crippen molar-refractivity contribution < 1.29 is 19.7 Å². The molecule has 0 bridgehead atoms. The first-order valence-electron chi connectivity index (χ1n) is 7.34. The van der Waals surface area contributed by atoms with Crippen molar-refractivity contribution in [3.63, 3.8) is 0 Å². The Kier molecular flexibility index (Phi) is 4.83. The number of likely N-dealkylation sites (tertiary alicyclic amines) is 1. The number of amides is 1. The molecule has 114 valence electrons. The van der Waals surface area contributed by atoms with Crippen LogP contribution < -0.4 is 0 Å². The molecule has 5 heteroatoms. The van der Waals surface area contributed by atoms with E-state index < -0.39 is 0 Å². The van der Waals surface area contributed by atoms with Crippen LogP contribution in [-0.2, 0) is 9.53 Å². The molecule has 0 aromatic rings. The highest BCUT2D eigenvalue weighted by Crippen LogP contribution is 2.50. The molecule has 2 aliphatic rings. The molecule has 0 aromatic heterocycles. The van der Waals surface area contributed by atoms with Gasteiger partial charge < -0.3 is 19.8 Å². The number of aliphatic hydroxyl groups is 2. The maximum atomic E-state index is 12.0. The first kappa shape index (κ1) is 15.5. The van der Waals surface area contributed by atoms with Crippen molar-refractivity contribution in [1.29, 1.82) is 0 Å². The largest absolute Gasteiger partial charge is 0.394 e. The predicted molar refractivity (Wildman–Crippen MR) is 75.1 cm³/mol. The van der Waals surface area contributed by atoms with Crippen LogP contribution in [0, 0.1) is 5.41 Å². The molecule has 1 heterocycles. The number of carbonyl (C=O) groups excluding carboxylic acids is 1. The van der Waals surface area contributed by atoms with Gasteiger partial charge in [-0.15, -0.1) is 0 Å². The molecular weight excluding hydrogens is 258 g/mol. The monoisotopic (exact) mass is 283 g/mol. The summed E-state index contributed by atoms with van der Waals surface area (Å²) >= 11 is 0. The summed E-state index contributed by atoms with van der Waals surface area (Å²) in [5.74, 6) is 0.0569. The number of piperidine rings is 1. The number of rotatable bonds is 4. The maximum absolute atomic E-state index is 12.0. The van der Waals surface area contributed by atoms with Crippen LogP contribution in [0.4, 0.5) is 0 Å². The quantitative estimate of drug-likeness (QED) is 0.745. The van der Waals surface area contributed by atoms with E-state index in [-0.39, 0.29) is 30.1 Å². The van der Waals surface area contributed by atoms with E-state index in [9.17, 15) is 9.90 Å². The zero-order valence-corrected chi connectivity index (χ0v) is 12.3. The molecule has 1 aliphatic carbocycles. The fourth-order valence-corrected chi connectivity index (χ4v) is 3.29. The molecule has 2 rings (SSSR count). The highest BCUT2D eigenvalue weighted by molar-refractivity contribution is 5.88. The summed E-state index contributed by atoms with van der Waals surface area (Å²) in [6.07, 6.45) is 3.52. The van der Waals surface area contributed by atoms with E-state index in [0.29, 0.717) is 26.1 Å². The zero-order chi connectivity index (χ0) is 14.8. The first-order valence-corrected chi connectivity index (χ1v) is 7.34. The lowest BCUT2D eigenvalue weighted by molar-refractivity contribution is -0.213. The van der Waals surface area contributed by atoms with Crippen molar-refractivity contribution in [3.8, 4) is 0 Å². The third-order valence-corrected chi connectivity index (χ3v) is 4.57. The molecule has 1 aliphatic heterocycles. The van der Waals surface area contributed by atoms with Crippen molar-refractivity contribution in [3.05, 3.63) is 11.6 Å². The Morgan fingerprint density at radius 3 is 2.55 bits per heavy atom. The van der Waals surface area contributed by atoms with Crippen LogP contribution in [0.5, 0.6) is 0 Å². The van der Waals surface area contributed by atoms with E-state index >= 15 is 0 Å². The minimum Gasteiger partial charge on any atom is -0.394 e. The fourth-order valence-electron chi connectivity index (χ4n) is 3.29. The Labute approximate surface area is 120 Å². The van der Waals surface area contributed by atoms with Crippen molar-refractivity contribution >= 4 is 5.91 Å². The normalized spacial score (nSPS) is 28.1. The molecule has 5 nitrogen and oxygen atoms in total. The van der Waals surface area contributed by atoms with Gasteiger partial charge >= 0.3 is 0 Å². The second-order valence-electron chi connectivity index (χ2n) is 6.11. The van der Waals surface area contributed by atoms with Gasteiger partial charge in [0.05, 0.1) is 25.4 Å². The van der Waals surface area contributed by atoms with Gasteiger partial charge in [-0.05, 0) is 26.7 Å². The van der Waals surface area contributed by atoms with Crippen LogP contribution in [0.25, 0.3) is 0 Å². The Balaban J connectivity index is 1.92. The lowest BCUT2D eigenvalue weighted by Gasteiger charge is -2.56. The molecule has 1 spiro atoms. The summed E-state index contributed by atoms with van der Waals surface area (Å²) in [6.45, 7) is 5.49. The molecule has 2 fully saturated rings. The van der Waals surface area contributed by atoms with Crippen molar-refractivity contribution in [2.45, 2.75) is 45.3 Å². The fraction of sp³-hybridized carbons (Fsp3) is 0.800. The number of nitrogens with zero attached hydrogens (tertiary/aromatic N) is 1. The molecule has 1 saturated heterocycles. The molecule has 0 unspecified atom stereocenters. The summed E-state index contributed by atoms with van der Waals surface area (Å²) in [5.41, 5.74) is 0.792. The second kappa shape index (κ2) is 6.24. The topological polar surface area (TPSA) is 70.0 Å². The lowest BCUT2D eigenvalue weighted by Crippen LogP contribution is -2.62. The van der Waals surface area contributed by atoms with E-state index in [1.54, 1.807) is 6.08 Å². The van der Waals surface area contributed by atoms with Crippen LogP contribution in [-0.4, -0.2) is 59.5 Å². The predicted octanol–water partition coefficient (Wildman–Crippen LogP) is 0.703. The molecule has 0 radical (unpaired) electrons. The standard InChI is InChI=1S/C15H25NO4/c1-11(2)9-14(19)16-5-3-15(4-6-16)12(18)10-13(15)20-8-7-17/h9,12-13,17-18H,3-8,10H2,1-2H3/t12-,13+/m0/s1. The average Bonchev–Trinajstić information content (AvgIpc) is 2.42. The summed E-state index contributed by atoms with van der Waals surface area (Å²) in [4.78, 5) is 13.8. The van der Waals surface area contributed by atoms with Crippen molar-refractivity contribution in [2.75, 3.05) is 26.3 Å². The zero-order valence-electron chi connectivity index (χ0n) is 12.3. The molecule has 1 amide bonds. The van der Waals surface area contributed by atoms with Crippen LogP contribution in [0.1, 0.15) is 33.1 Å². The van der Waals surface area contributed by atoms with E-state index in [4.69, 9.17) is 9.84 Å². The minimum absolute atomic E-state index is 0.00780. The van der Waals surface area contributed by atoms with E-state index in [0.717, 1.165) is 18.4 Å². The number of allylic oxidation sites excluding steroid dienone is 1. The average molecular weight is 283 g/mol. The first-order chi connectivity index (χ1) is 9.49. The van der Waals surface area contributed by atoms with E-state index in [1.807, 2.05) is 18.7 Å². The van der Waals surface area contributed by atoms with Crippen LogP contribution in [0.3, 0.4) is 0 Å². The number of hydrogen-bond donors (Lipinski definition) is 2. The molecule has 0 aromatic carbocycles. The number of carbonyl (C=O) groups is 1. The van der Waals surface area contributed by atoms with Gasteiger partial charge in [0, 0.05) is 31.0 Å². The minimum atomic E-state index is -0.341. The van der Waals surface area contributed by atoms with Gasteiger partial charge in [0.15, 0.2) is 0 Å². The summed E-state index contributed by atoms with van der Waals surface area (Å²) < 4.78 is 5.63. The van der Waals surface area contributed by atoms with Gasteiger partial charge in [-0.3, -0.25) is 4.79 Å². The highest BCUT2D eigenvalue weighted by atomic mass is 16.5. The van der Waals surface area contributed by atoms with Crippen molar-refractivity contribution in [2.24, 2.45) is 5.41 Å². The Hall–Kier alpha value is -0.910. The van der Waals surface area contributed by atoms with Gasteiger partial charge in [0.2, 0.25) is 5.91 Å². The van der Waals surface area contributed by atoms with Crippen LogP contribution in [0.2, 0.25) is 0 Å². The summed E-state index contributed by atoms with van der Waals surface area (Å²) in [6, 6.07) is 0. The number of hydrogen-bond acceptors (Lipinski definition) is 4. The third-order valence-electron chi connectivity index (χ3n) is 4.57. The Bertz CT molecular complexity index is 381. The molecule has 2 N–H and O–H groups in total. The van der Waals surface area contributed by atoms with Crippen LogP contribution >= 0.6 is 0 Å². The smallest absolute Gasteiger partial charge is 0.246 e. The summed E-state index contributed by atoms with van der Waals surface area (Å²) in [5, 5.41) is 18.9. The molecule has 2 atom stereocenters. The Morgan fingerprint density at radius 2 is 2.05 bits per heavy atom. The number of aliphatic hydroxyl groups excluding tert-OH is 2. The maximum Gasteiger partial charge on any atom is 0.246 e. The molecular formula is C15H25NO4. The van der Waals surface area contributed by atoms with Gasteiger partial charge in [-0.25, -0.2) is 0 Å². The second-order valence-corrected chi connectivity index (χ2v) is 6.11. The van der Waals surface area contributed by atoms with Gasteiger partial charge in [-0.1, -0.05) is 5.57 Å². The lowest BCUT2D eigenvalue weighted by atomic mass is 9.58. The van der Waals surface area contributed by atoms with Gasteiger partial charge in [0.1, 0.15) is 0 Å². The van der Waals surface area contributed by atoms with Gasteiger partial charge in [0.25, 0.3) is 0 Å². The van der Waals surface area contributed by atoms with E-state index in [1.165, 1.54) is 0 Å². The molecule has 20 heavy (non-hydrogen) atoms. The SMILES string of the molecule is CC(C)=CC(=O)N1CCC2(CC1)[C@@H](O)C[C@H]2OCCO.